The lowest BCUT2D eigenvalue weighted by Gasteiger charge is -2.35. The normalized spacial score (nSPS) is 18.7. The number of anilines is 3. The molecule has 0 amide bonds. The van der Waals surface area contributed by atoms with Crippen molar-refractivity contribution in [1.82, 2.24) is 9.97 Å². The third kappa shape index (κ3) is 2.99. The average molecular weight is 235 g/mol. The van der Waals surface area contributed by atoms with Crippen LogP contribution in [0.2, 0.25) is 0 Å². The third-order valence-electron chi connectivity index (χ3n) is 3.39. The summed E-state index contributed by atoms with van der Waals surface area (Å²) in [5, 5.41) is 6.49. The van der Waals surface area contributed by atoms with Crippen LogP contribution in [0, 0.1) is 0 Å². The highest BCUT2D eigenvalue weighted by Crippen LogP contribution is 2.31. The molecule has 0 atom stereocenters. The number of aromatic nitrogens is 2. The van der Waals surface area contributed by atoms with Gasteiger partial charge >= 0.3 is 0 Å². The van der Waals surface area contributed by atoms with Gasteiger partial charge in [-0.05, 0) is 19.8 Å². The zero-order chi connectivity index (χ0) is 12.3. The topological polar surface area (TPSA) is 75.9 Å². The summed E-state index contributed by atoms with van der Waals surface area (Å²) in [7, 11) is 1.83. The van der Waals surface area contributed by atoms with E-state index in [4.69, 9.17) is 5.73 Å². The summed E-state index contributed by atoms with van der Waals surface area (Å²) in [5.74, 6) is 1.87. The lowest BCUT2D eigenvalue weighted by atomic mass is 9.83. The van der Waals surface area contributed by atoms with Gasteiger partial charge in [-0.25, -0.2) is 0 Å². The molecule has 0 bridgehead atoms. The second-order valence-corrected chi connectivity index (χ2v) is 4.99. The first-order valence-corrected chi connectivity index (χ1v) is 6.22. The van der Waals surface area contributed by atoms with E-state index in [2.05, 4.69) is 27.5 Å². The van der Waals surface area contributed by atoms with E-state index >= 15 is 0 Å². The van der Waals surface area contributed by atoms with Gasteiger partial charge in [0.1, 0.15) is 11.6 Å². The minimum atomic E-state index is 0.143. The van der Waals surface area contributed by atoms with Crippen LogP contribution >= 0.6 is 0 Å². The molecule has 1 heterocycles. The van der Waals surface area contributed by atoms with Crippen molar-refractivity contribution in [2.75, 3.05) is 23.4 Å². The molecule has 0 spiro atoms. The van der Waals surface area contributed by atoms with Crippen LogP contribution in [0.1, 0.15) is 39.0 Å². The first-order chi connectivity index (χ1) is 8.11. The smallest absolute Gasteiger partial charge is 0.223 e. The minimum absolute atomic E-state index is 0.143. The molecule has 0 aromatic carbocycles. The Bertz CT molecular complexity index is 384. The molecule has 5 heteroatoms. The Balaban J connectivity index is 2.14. The molecule has 2 rings (SSSR count). The van der Waals surface area contributed by atoms with E-state index in [1.165, 1.54) is 32.1 Å². The van der Waals surface area contributed by atoms with Crippen LogP contribution in [0.3, 0.4) is 0 Å². The quantitative estimate of drug-likeness (QED) is 0.749. The van der Waals surface area contributed by atoms with E-state index in [1.54, 1.807) is 0 Å². The lowest BCUT2D eigenvalue weighted by molar-refractivity contribution is 0.348. The van der Waals surface area contributed by atoms with E-state index in [-0.39, 0.29) is 5.54 Å². The lowest BCUT2D eigenvalue weighted by Crippen LogP contribution is -2.37. The number of rotatable bonds is 3. The molecule has 0 radical (unpaired) electrons. The molecule has 94 valence electrons. The molecule has 1 saturated carbocycles. The molecule has 1 aromatic heterocycles. The summed E-state index contributed by atoms with van der Waals surface area (Å²) in [5.41, 5.74) is 5.82. The number of nitrogens with one attached hydrogen (secondary N) is 2. The van der Waals surface area contributed by atoms with Gasteiger partial charge in [0.25, 0.3) is 0 Å². The maximum atomic E-state index is 5.68. The molecule has 1 aromatic rings. The molecule has 1 aliphatic rings. The summed E-state index contributed by atoms with van der Waals surface area (Å²) in [4.78, 5) is 8.32. The number of nitrogens with two attached hydrogens (primary N) is 1. The van der Waals surface area contributed by atoms with Crippen molar-refractivity contribution in [3.05, 3.63) is 6.07 Å². The summed E-state index contributed by atoms with van der Waals surface area (Å²) < 4.78 is 0. The Morgan fingerprint density at radius 3 is 2.47 bits per heavy atom. The van der Waals surface area contributed by atoms with Crippen molar-refractivity contribution < 1.29 is 0 Å². The molecule has 5 nitrogen and oxygen atoms in total. The fourth-order valence-electron chi connectivity index (χ4n) is 2.42. The van der Waals surface area contributed by atoms with Gasteiger partial charge < -0.3 is 16.4 Å². The first kappa shape index (κ1) is 12.0. The number of nitrogens with zero attached hydrogens (tertiary/aromatic N) is 2. The predicted octanol–water partition coefficient (Wildman–Crippen LogP) is 2.24. The van der Waals surface area contributed by atoms with Gasteiger partial charge in [-0.2, -0.15) is 9.97 Å². The van der Waals surface area contributed by atoms with Gasteiger partial charge in [0.2, 0.25) is 5.95 Å². The van der Waals surface area contributed by atoms with Gasteiger partial charge in [0.15, 0.2) is 0 Å². The Labute approximate surface area is 102 Å². The first-order valence-electron chi connectivity index (χ1n) is 6.22. The maximum absolute atomic E-state index is 5.68. The van der Waals surface area contributed by atoms with E-state index < -0.39 is 0 Å². The molecule has 1 aliphatic carbocycles. The largest absolute Gasteiger partial charge is 0.373 e. The Morgan fingerprint density at radius 1 is 1.18 bits per heavy atom. The molecule has 0 aliphatic heterocycles. The Hall–Kier alpha value is -1.52. The number of hydrogen-bond donors (Lipinski definition) is 3. The van der Waals surface area contributed by atoms with Crippen LogP contribution in [0.5, 0.6) is 0 Å². The Morgan fingerprint density at radius 2 is 1.82 bits per heavy atom. The van der Waals surface area contributed by atoms with E-state index in [0.717, 1.165) is 11.6 Å². The van der Waals surface area contributed by atoms with Crippen LogP contribution < -0.4 is 16.4 Å². The van der Waals surface area contributed by atoms with Crippen LogP contribution in [-0.2, 0) is 0 Å². The van der Waals surface area contributed by atoms with Gasteiger partial charge in [-0.1, -0.05) is 19.3 Å². The Kier molecular flexibility index (Phi) is 3.36. The summed E-state index contributed by atoms with van der Waals surface area (Å²) in [6.45, 7) is 2.25. The summed E-state index contributed by atoms with van der Waals surface area (Å²) >= 11 is 0. The SMILES string of the molecule is CNc1cc(NC2(C)CCCCC2)nc(N)n1. The van der Waals surface area contributed by atoms with Crippen molar-refractivity contribution in [3.8, 4) is 0 Å². The van der Waals surface area contributed by atoms with Gasteiger partial charge in [-0.3, -0.25) is 0 Å². The fraction of sp³-hybridized carbons (Fsp3) is 0.667. The van der Waals surface area contributed by atoms with Crippen molar-refractivity contribution in [2.24, 2.45) is 0 Å². The molecule has 1 fully saturated rings. The average Bonchev–Trinajstić information content (AvgIpc) is 2.28. The second kappa shape index (κ2) is 4.77. The van der Waals surface area contributed by atoms with Crippen molar-refractivity contribution in [2.45, 2.75) is 44.6 Å². The molecule has 4 N–H and O–H groups in total. The van der Waals surface area contributed by atoms with Crippen LogP contribution in [-0.4, -0.2) is 22.6 Å². The van der Waals surface area contributed by atoms with Crippen molar-refractivity contribution >= 4 is 17.6 Å². The van der Waals surface area contributed by atoms with Crippen LogP contribution in [0.4, 0.5) is 17.6 Å². The van der Waals surface area contributed by atoms with Crippen LogP contribution in [0.25, 0.3) is 0 Å². The maximum Gasteiger partial charge on any atom is 0.223 e. The highest BCUT2D eigenvalue weighted by atomic mass is 15.1. The standard InChI is InChI=1S/C12H21N5/c1-12(6-4-3-5-7-12)17-10-8-9(14-2)15-11(13)16-10/h8H,3-7H2,1-2H3,(H4,13,14,15,16,17). The van der Waals surface area contributed by atoms with Gasteiger partial charge in [0, 0.05) is 18.7 Å². The fourth-order valence-corrected chi connectivity index (χ4v) is 2.42. The third-order valence-corrected chi connectivity index (χ3v) is 3.39. The van der Waals surface area contributed by atoms with E-state index in [1.807, 2.05) is 13.1 Å². The zero-order valence-corrected chi connectivity index (χ0v) is 10.6. The minimum Gasteiger partial charge on any atom is -0.373 e. The monoisotopic (exact) mass is 235 g/mol. The molecular weight excluding hydrogens is 214 g/mol. The summed E-state index contributed by atoms with van der Waals surface area (Å²) in [6, 6.07) is 1.90. The predicted molar refractivity (Wildman–Crippen MR) is 71.1 cm³/mol. The van der Waals surface area contributed by atoms with Crippen molar-refractivity contribution in [3.63, 3.8) is 0 Å². The second-order valence-electron chi connectivity index (χ2n) is 4.99. The van der Waals surface area contributed by atoms with Gasteiger partial charge in [-0.15, -0.1) is 0 Å². The number of nitrogen functional groups attached to an aromatic ring is 1. The zero-order valence-electron chi connectivity index (χ0n) is 10.6. The van der Waals surface area contributed by atoms with Gasteiger partial charge in [0.05, 0.1) is 0 Å². The van der Waals surface area contributed by atoms with E-state index in [9.17, 15) is 0 Å². The molecule has 0 saturated heterocycles. The summed E-state index contributed by atoms with van der Waals surface area (Å²) in [6.07, 6.45) is 6.27. The highest BCUT2D eigenvalue weighted by Gasteiger charge is 2.26. The highest BCUT2D eigenvalue weighted by molar-refractivity contribution is 5.51. The van der Waals surface area contributed by atoms with Crippen LogP contribution in [0.15, 0.2) is 6.07 Å². The molecule has 17 heavy (non-hydrogen) atoms. The molecular formula is C12H21N5. The van der Waals surface area contributed by atoms with E-state index in [0.29, 0.717) is 5.95 Å². The molecule has 0 unspecified atom stereocenters. The number of hydrogen-bond acceptors (Lipinski definition) is 5. The van der Waals surface area contributed by atoms with Crippen molar-refractivity contribution in [1.29, 1.82) is 0 Å².